The fourth-order valence-corrected chi connectivity index (χ4v) is 4.17. The normalized spacial score (nSPS) is 18.5. The molecule has 2 aliphatic rings. The number of likely N-dealkylation sites (tertiary alicyclic amines) is 1. The van der Waals surface area contributed by atoms with Crippen LogP contribution in [0.1, 0.15) is 48.0 Å². The van der Waals surface area contributed by atoms with Gasteiger partial charge in [0.25, 0.3) is 5.91 Å². The second kappa shape index (κ2) is 9.71. The Kier molecular flexibility index (Phi) is 7.88. The monoisotopic (exact) mass is 488 g/mol. The molecule has 7 heteroatoms. The number of amides is 1. The largest absolute Gasteiger partial charge is 0.354 e. The lowest BCUT2D eigenvalue weighted by molar-refractivity contribution is 0.0954. The molecule has 0 unspecified atom stereocenters. The fraction of sp³-hybridized carbons (Fsp3) is 0.600. The van der Waals surface area contributed by atoms with E-state index in [0.29, 0.717) is 29.6 Å². The Bertz CT molecular complexity index is 689. The number of hydrogen-bond donors (Lipinski definition) is 2. The van der Waals surface area contributed by atoms with Crippen molar-refractivity contribution in [2.75, 3.05) is 33.2 Å². The molecule has 5 nitrogen and oxygen atoms in total. The number of carbonyl (C=O) groups is 1. The third-order valence-electron chi connectivity index (χ3n) is 5.74. The van der Waals surface area contributed by atoms with E-state index in [2.05, 4.69) is 20.5 Å². The average Bonchev–Trinajstić information content (AvgIpc) is 3.27. The van der Waals surface area contributed by atoms with Gasteiger partial charge in [0.1, 0.15) is 5.82 Å². The number of rotatable bonds is 4. The van der Waals surface area contributed by atoms with Crippen LogP contribution in [-0.2, 0) is 0 Å². The van der Waals surface area contributed by atoms with Gasteiger partial charge in [-0.25, -0.2) is 4.39 Å². The molecular formula is C20H30FIN4O. The quantitative estimate of drug-likeness (QED) is 0.296. The van der Waals surface area contributed by atoms with Crippen molar-refractivity contribution in [2.24, 2.45) is 10.4 Å². The third kappa shape index (κ3) is 5.33. The van der Waals surface area contributed by atoms with E-state index in [-0.39, 0.29) is 35.7 Å². The molecule has 3 rings (SSSR count). The van der Waals surface area contributed by atoms with E-state index in [1.807, 2.05) is 0 Å². The first kappa shape index (κ1) is 21.9. The third-order valence-corrected chi connectivity index (χ3v) is 5.74. The molecule has 1 spiro atoms. The van der Waals surface area contributed by atoms with Gasteiger partial charge in [0.05, 0.1) is 0 Å². The minimum atomic E-state index is -0.356. The molecule has 1 aliphatic carbocycles. The molecule has 2 N–H and O–H groups in total. The van der Waals surface area contributed by atoms with E-state index in [9.17, 15) is 9.18 Å². The van der Waals surface area contributed by atoms with Gasteiger partial charge in [-0.15, -0.1) is 24.0 Å². The predicted molar refractivity (Wildman–Crippen MR) is 117 cm³/mol. The lowest BCUT2D eigenvalue weighted by atomic mass is 9.86. The summed E-state index contributed by atoms with van der Waals surface area (Å²) >= 11 is 0. The molecule has 1 heterocycles. The highest BCUT2D eigenvalue weighted by Gasteiger charge is 2.40. The van der Waals surface area contributed by atoms with Crippen LogP contribution in [0.25, 0.3) is 0 Å². The minimum Gasteiger partial charge on any atom is -0.354 e. The van der Waals surface area contributed by atoms with Crippen LogP contribution in [0.4, 0.5) is 4.39 Å². The van der Waals surface area contributed by atoms with Crippen LogP contribution in [0.15, 0.2) is 23.2 Å². The van der Waals surface area contributed by atoms with Crippen LogP contribution in [-0.4, -0.2) is 50.0 Å². The van der Waals surface area contributed by atoms with Crippen molar-refractivity contribution in [2.45, 2.75) is 39.0 Å². The molecule has 0 radical (unpaired) electrons. The second-order valence-corrected chi connectivity index (χ2v) is 7.57. The van der Waals surface area contributed by atoms with Gasteiger partial charge in [-0.1, -0.05) is 18.9 Å². The predicted octanol–water partition coefficient (Wildman–Crippen LogP) is 3.32. The summed E-state index contributed by atoms with van der Waals surface area (Å²) in [4.78, 5) is 18.8. The molecule has 2 fully saturated rings. The minimum absolute atomic E-state index is 0. The molecule has 27 heavy (non-hydrogen) atoms. The summed E-state index contributed by atoms with van der Waals surface area (Å²) in [5.74, 6) is 0.294. The topological polar surface area (TPSA) is 56.7 Å². The highest BCUT2D eigenvalue weighted by atomic mass is 127. The Morgan fingerprint density at radius 2 is 1.93 bits per heavy atom. The molecule has 1 aromatic rings. The number of benzene rings is 1. The van der Waals surface area contributed by atoms with Crippen LogP contribution in [0.3, 0.4) is 0 Å². The molecule has 1 saturated carbocycles. The first-order valence-corrected chi connectivity index (χ1v) is 9.53. The van der Waals surface area contributed by atoms with Gasteiger partial charge in [0.2, 0.25) is 0 Å². The van der Waals surface area contributed by atoms with Crippen molar-refractivity contribution in [1.82, 2.24) is 15.5 Å². The van der Waals surface area contributed by atoms with E-state index in [4.69, 9.17) is 0 Å². The number of halogens is 2. The van der Waals surface area contributed by atoms with E-state index < -0.39 is 0 Å². The van der Waals surface area contributed by atoms with Crippen LogP contribution >= 0.6 is 24.0 Å². The van der Waals surface area contributed by atoms with Crippen LogP contribution in [0.2, 0.25) is 0 Å². The van der Waals surface area contributed by atoms with Crippen LogP contribution in [0.5, 0.6) is 0 Å². The lowest BCUT2D eigenvalue weighted by Crippen LogP contribution is -2.44. The number of carbonyl (C=O) groups excluding carboxylic acids is 1. The van der Waals surface area contributed by atoms with Crippen molar-refractivity contribution in [1.29, 1.82) is 0 Å². The van der Waals surface area contributed by atoms with Crippen molar-refractivity contribution in [3.05, 3.63) is 35.1 Å². The van der Waals surface area contributed by atoms with Crippen molar-refractivity contribution in [3.8, 4) is 0 Å². The summed E-state index contributed by atoms with van der Waals surface area (Å²) in [5.41, 5.74) is 1.39. The number of nitrogens with zero attached hydrogens (tertiary/aromatic N) is 2. The molecule has 1 amide bonds. The first-order valence-electron chi connectivity index (χ1n) is 9.53. The number of aryl methyl sites for hydroxylation is 1. The zero-order chi connectivity index (χ0) is 18.6. The molecule has 0 atom stereocenters. The summed E-state index contributed by atoms with van der Waals surface area (Å²) in [5, 5.41) is 6.15. The number of hydrogen-bond acceptors (Lipinski definition) is 2. The van der Waals surface area contributed by atoms with Crippen LogP contribution < -0.4 is 10.6 Å². The highest BCUT2D eigenvalue weighted by Crippen LogP contribution is 2.45. The Balaban J connectivity index is 0.00000261. The molecule has 0 bridgehead atoms. The second-order valence-electron chi connectivity index (χ2n) is 7.57. The Labute approximate surface area is 178 Å². The number of guanidine groups is 1. The molecule has 1 saturated heterocycles. The van der Waals surface area contributed by atoms with Gasteiger partial charge in [-0.3, -0.25) is 9.79 Å². The summed E-state index contributed by atoms with van der Waals surface area (Å²) < 4.78 is 13.6. The van der Waals surface area contributed by atoms with Gasteiger partial charge < -0.3 is 15.5 Å². The Morgan fingerprint density at radius 3 is 2.59 bits per heavy atom. The van der Waals surface area contributed by atoms with Gasteiger partial charge >= 0.3 is 0 Å². The van der Waals surface area contributed by atoms with E-state index in [0.717, 1.165) is 19.0 Å². The maximum atomic E-state index is 13.6. The van der Waals surface area contributed by atoms with Gasteiger partial charge in [-0.2, -0.15) is 0 Å². The zero-order valence-corrected chi connectivity index (χ0v) is 18.5. The highest BCUT2D eigenvalue weighted by molar-refractivity contribution is 14.0. The van der Waals surface area contributed by atoms with Crippen LogP contribution in [0, 0.1) is 18.2 Å². The van der Waals surface area contributed by atoms with Crippen molar-refractivity contribution in [3.63, 3.8) is 0 Å². The fourth-order valence-electron chi connectivity index (χ4n) is 4.17. The van der Waals surface area contributed by atoms with E-state index in [1.54, 1.807) is 26.1 Å². The van der Waals surface area contributed by atoms with E-state index in [1.165, 1.54) is 38.2 Å². The Hall–Kier alpha value is -1.38. The average molecular weight is 488 g/mol. The molecule has 1 aromatic carbocycles. The summed E-state index contributed by atoms with van der Waals surface area (Å²) in [7, 11) is 1.80. The molecular weight excluding hydrogens is 458 g/mol. The first-order chi connectivity index (χ1) is 12.5. The lowest BCUT2D eigenvalue weighted by Gasteiger charge is -2.26. The van der Waals surface area contributed by atoms with Gasteiger partial charge in [-0.05, 0) is 49.3 Å². The molecule has 150 valence electrons. The molecule has 0 aromatic heterocycles. The standard InChI is InChI=1S/C20H29FN4O.HI/c1-15-5-6-16(13-17(15)21)18(26)23-10-11-24-19(22-2)25-12-9-20(14-25)7-3-4-8-20;/h5-6,13H,3-4,7-12,14H2,1-2H3,(H,22,24)(H,23,26);1H. The number of nitrogens with one attached hydrogen (secondary N) is 2. The number of aliphatic imine (C=N–C) groups is 1. The van der Waals surface area contributed by atoms with Gasteiger partial charge in [0.15, 0.2) is 5.96 Å². The smallest absolute Gasteiger partial charge is 0.251 e. The van der Waals surface area contributed by atoms with Gasteiger partial charge in [0, 0.05) is 38.8 Å². The van der Waals surface area contributed by atoms with E-state index >= 15 is 0 Å². The summed E-state index contributed by atoms with van der Waals surface area (Å²) in [6, 6.07) is 4.55. The Morgan fingerprint density at radius 1 is 1.22 bits per heavy atom. The molecule has 1 aliphatic heterocycles. The van der Waals surface area contributed by atoms with Crippen molar-refractivity contribution >= 4 is 35.8 Å². The summed E-state index contributed by atoms with van der Waals surface area (Å²) in [6.45, 7) is 4.87. The van der Waals surface area contributed by atoms with Crippen molar-refractivity contribution < 1.29 is 9.18 Å². The summed E-state index contributed by atoms with van der Waals surface area (Å²) in [6.07, 6.45) is 6.63. The SMILES string of the molecule is CN=C(NCCNC(=O)c1ccc(C)c(F)c1)N1CCC2(CCCC2)C1.I. The maximum Gasteiger partial charge on any atom is 0.251 e. The zero-order valence-electron chi connectivity index (χ0n) is 16.2. The maximum absolute atomic E-state index is 13.6.